The number of ether oxygens (including phenoxy) is 1. The molecule has 6 heteroatoms. The standard InChI is InChI=1S/C51H91NO5/c1-4-7-10-13-16-19-21-23-25-26-28-31-33-36-39-42-47(57-51(56)44-41-38-35-32-29-27-24-22-20-17-14-11-8-5-2)45-50(55)52-48(46-53)49(54)43-40-37-34-30-18-15-12-9-6-3/h7,10,16,19,23,25,28,31,36,39,47-49,53-54H,4-6,8-9,11-15,17-18,20-22,24,26-27,29-30,32-35,37-38,40-46H2,1-3H3,(H,52,55)/b10-7-,19-16-,25-23-,31-28-,39-36-. The third-order valence-electron chi connectivity index (χ3n) is 10.6. The van der Waals surface area contributed by atoms with Crippen LogP contribution in [0, 0.1) is 0 Å². The summed E-state index contributed by atoms with van der Waals surface area (Å²) >= 11 is 0. The lowest BCUT2D eigenvalue weighted by molar-refractivity contribution is -0.150. The van der Waals surface area contributed by atoms with Crippen LogP contribution in [0.15, 0.2) is 60.8 Å². The van der Waals surface area contributed by atoms with Crippen molar-refractivity contribution in [1.82, 2.24) is 5.32 Å². The lowest BCUT2D eigenvalue weighted by atomic mass is 10.0. The van der Waals surface area contributed by atoms with Gasteiger partial charge in [-0.25, -0.2) is 0 Å². The van der Waals surface area contributed by atoms with Crippen LogP contribution in [0.25, 0.3) is 0 Å². The zero-order valence-corrected chi connectivity index (χ0v) is 37.5. The van der Waals surface area contributed by atoms with E-state index in [1.54, 1.807) is 0 Å². The Labute approximate surface area is 352 Å². The molecule has 0 bridgehead atoms. The first-order chi connectivity index (χ1) is 28.0. The van der Waals surface area contributed by atoms with E-state index >= 15 is 0 Å². The van der Waals surface area contributed by atoms with Crippen LogP contribution >= 0.6 is 0 Å². The van der Waals surface area contributed by atoms with Crippen LogP contribution in [0.4, 0.5) is 0 Å². The Hall–Kier alpha value is -2.44. The predicted molar refractivity (Wildman–Crippen MR) is 245 cm³/mol. The van der Waals surface area contributed by atoms with E-state index in [-0.39, 0.29) is 24.9 Å². The molecule has 3 N–H and O–H groups in total. The molecule has 0 aliphatic heterocycles. The number of esters is 1. The zero-order valence-electron chi connectivity index (χ0n) is 37.5. The summed E-state index contributed by atoms with van der Waals surface area (Å²) in [5.41, 5.74) is 0. The Balaban J connectivity index is 4.74. The Kier molecular flexibility index (Phi) is 42.7. The molecule has 0 saturated heterocycles. The average molecular weight is 798 g/mol. The Morgan fingerprint density at radius 1 is 0.526 bits per heavy atom. The van der Waals surface area contributed by atoms with Gasteiger partial charge in [0.25, 0.3) is 0 Å². The minimum atomic E-state index is -0.809. The van der Waals surface area contributed by atoms with Crippen LogP contribution in [0.1, 0.15) is 226 Å². The lowest BCUT2D eigenvalue weighted by Gasteiger charge is -2.24. The summed E-state index contributed by atoms with van der Waals surface area (Å²) < 4.78 is 5.85. The number of rotatable bonds is 42. The molecule has 3 unspecified atom stereocenters. The van der Waals surface area contributed by atoms with Gasteiger partial charge in [-0.1, -0.05) is 223 Å². The zero-order chi connectivity index (χ0) is 41.7. The second kappa shape index (κ2) is 44.7. The molecule has 0 aliphatic carbocycles. The van der Waals surface area contributed by atoms with Crippen molar-refractivity contribution in [1.29, 1.82) is 0 Å². The van der Waals surface area contributed by atoms with Gasteiger partial charge in [0.15, 0.2) is 0 Å². The highest BCUT2D eigenvalue weighted by atomic mass is 16.5. The quantitative estimate of drug-likeness (QED) is 0.0325. The average Bonchev–Trinajstić information content (AvgIpc) is 3.20. The van der Waals surface area contributed by atoms with E-state index in [2.05, 4.69) is 74.7 Å². The molecule has 330 valence electrons. The molecule has 57 heavy (non-hydrogen) atoms. The minimum absolute atomic E-state index is 0.0000424. The molecule has 0 aromatic carbocycles. The topological polar surface area (TPSA) is 95.9 Å². The van der Waals surface area contributed by atoms with E-state index in [0.717, 1.165) is 70.6 Å². The number of unbranched alkanes of at least 4 members (excludes halogenated alkanes) is 21. The fourth-order valence-corrected chi connectivity index (χ4v) is 6.98. The van der Waals surface area contributed by atoms with Gasteiger partial charge < -0.3 is 20.3 Å². The maximum Gasteiger partial charge on any atom is 0.306 e. The third-order valence-corrected chi connectivity index (χ3v) is 10.6. The van der Waals surface area contributed by atoms with Crippen LogP contribution in [0.3, 0.4) is 0 Å². The van der Waals surface area contributed by atoms with Crippen molar-refractivity contribution in [3.63, 3.8) is 0 Å². The van der Waals surface area contributed by atoms with Crippen molar-refractivity contribution < 1.29 is 24.5 Å². The summed E-state index contributed by atoms with van der Waals surface area (Å²) in [6, 6.07) is -0.729. The second-order valence-corrected chi connectivity index (χ2v) is 16.1. The number of amides is 1. The molecule has 0 rings (SSSR count). The first-order valence-corrected chi connectivity index (χ1v) is 24.0. The SMILES string of the molecule is CC/C=C\C/C=C\C/C=C\C/C=C\C/C=C\CC(CC(=O)NC(CO)C(O)CCCCCCCCCCC)OC(=O)CCCCCCCCCCCCCCCC. The van der Waals surface area contributed by atoms with Crippen molar-refractivity contribution in [3.8, 4) is 0 Å². The van der Waals surface area contributed by atoms with Crippen molar-refractivity contribution in [2.24, 2.45) is 0 Å². The normalized spacial score (nSPS) is 13.8. The Bertz CT molecular complexity index is 1030. The molecule has 1 amide bonds. The Morgan fingerprint density at radius 2 is 0.912 bits per heavy atom. The van der Waals surface area contributed by atoms with Gasteiger partial charge in [-0.15, -0.1) is 0 Å². The molecular formula is C51H91NO5. The van der Waals surface area contributed by atoms with Gasteiger partial charge in [0.2, 0.25) is 5.91 Å². The van der Waals surface area contributed by atoms with E-state index < -0.39 is 18.2 Å². The van der Waals surface area contributed by atoms with Crippen molar-refractivity contribution in [2.75, 3.05) is 6.61 Å². The number of hydrogen-bond acceptors (Lipinski definition) is 5. The molecule has 3 atom stereocenters. The number of carbonyl (C=O) groups excluding carboxylic acids is 2. The number of nitrogens with one attached hydrogen (secondary N) is 1. The van der Waals surface area contributed by atoms with E-state index in [4.69, 9.17) is 4.74 Å². The maximum absolute atomic E-state index is 13.1. The molecule has 0 aliphatic rings. The van der Waals surface area contributed by atoms with Gasteiger partial charge in [0, 0.05) is 12.8 Å². The Morgan fingerprint density at radius 3 is 1.33 bits per heavy atom. The minimum Gasteiger partial charge on any atom is -0.461 e. The smallest absolute Gasteiger partial charge is 0.306 e. The van der Waals surface area contributed by atoms with Gasteiger partial charge in [-0.2, -0.15) is 0 Å². The van der Waals surface area contributed by atoms with Crippen molar-refractivity contribution >= 4 is 11.9 Å². The molecule has 0 saturated carbocycles. The first kappa shape index (κ1) is 54.6. The van der Waals surface area contributed by atoms with Gasteiger partial charge in [0.05, 0.1) is 25.2 Å². The highest BCUT2D eigenvalue weighted by molar-refractivity contribution is 5.77. The molecule has 0 fully saturated rings. The maximum atomic E-state index is 13.1. The number of allylic oxidation sites excluding steroid dienone is 9. The monoisotopic (exact) mass is 798 g/mol. The van der Waals surface area contributed by atoms with Crippen LogP contribution in [-0.4, -0.2) is 46.9 Å². The van der Waals surface area contributed by atoms with Crippen LogP contribution < -0.4 is 5.32 Å². The van der Waals surface area contributed by atoms with E-state index in [1.807, 2.05) is 12.2 Å². The molecule has 6 nitrogen and oxygen atoms in total. The van der Waals surface area contributed by atoms with E-state index in [1.165, 1.54) is 109 Å². The molecule has 0 spiro atoms. The summed E-state index contributed by atoms with van der Waals surface area (Å²) in [5, 5.41) is 23.6. The van der Waals surface area contributed by atoms with E-state index in [9.17, 15) is 19.8 Å². The number of aliphatic hydroxyl groups excluding tert-OH is 2. The van der Waals surface area contributed by atoms with Gasteiger partial charge in [0.1, 0.15) is 6.10 Å². The van der Waals surface area contributed by atoms with Gasteiger partial charge in [-0.05, 0) is 44.9 Å². The molecule has 0 radical (unpaired) electrons. The summed E-state index contributed by atoms with van der Waals surface area (Å²) in [7, 11) is 0. The number of carbonyl (C=O) groups is 2. The fourth-order valence-electron chi connectivity index (χ4n) is 6.98. The van der Waals surface area contributed by atoms with Crippen molar-refractivity contribution in [3.05, 3.63) is 60.8 Å². The molecular weight excluding hydrogens is 707 g/mol. The summed E-state index contributed by atoms with van der Waals surface area (Å²) in [5.74, 6) is -0.579. The summed E-state index contributed by atoms with van der Waals surface area (Å²) in [6.45, 7) is 6.31. The van der Waals surface area contributed by atoms with Crippen molar-refractivity contribution in [2.45, 2.75) is 244 Å². The number of hydrogen-bond donors (Lipinski definition) is 3. The summed E-state index contributed by atoms with van der Waals surface area (Å²) in [4.78, 5) is 26.0. The van der Waals surface area contributed by atoms with Crippen LogP contribution in [0.2, 0.25) is 0 Å². The fraction of sp³-hybridized carbons (Fsp3) is 0.765. The van der Waals surface area contributed by atoms with Gasteiger partial charge >= 0.3 is 5.97 Å². The highest BCUT2D eigenvalue weighted by Crippen LogP contribution is 2.16. The summed E-state index contributed by atoms with van der Waals surface area (Å²) in [6.07, 6.45) is 54.4. The second-order valence-electron chi connectivity index (χ2n) is 16.1. The molecule has 0 aromatic rings. The first-order valence-electron chi connectivity index (χ1n) is 24.0. The predicted octanol–water partition coefficient (Wildman–Crippen LogP) is 14.1. The largest absolute Gasteiger partial charge is 0.461 e. The third kappa shape index (κ3) is 40.1. The highest BCUT2D eigenvalue weighted by Gasteiger charge is 2.23. The van der Waals surface area contributed by atoms with Crippen LogP contribution in [-0.2, 0) is 14.3 Å². The van der Waals surface area contributed by atoms with Gasteiger partial charge in [-0.3, -0.25) is 9.59 Å². The molecule has 0 aromatic heterocycles. The lowest BCUT2D eigenvalue weighted by Crippen LogP contribution is -2.46. The van der Waals surface area contributed by atoms with E-state index in [0.29, 0.717) is 19.3 Å². The number of aliphatic hydroxyl groups is 2. The molecule has 0 heterocycles. The van der Waals surface area contributed by atoms with Crippen LogP contribution in [0.5, 0.6) is 0 Å².